The number of nitrogens with one attached hydrogen (secondary N) is 1. The first-order valence-electron chi connectivity index (χ1n) is 6.00. The van der Waals surface area contributed by atoms with Crippen LogP contribution in [-0.2, 0) is 11.2 Å². The first-order chi connectivity index (χ1) is 9.10. The maximum Gasteiger partial charge on any atom is 0.225 e. The number of nitrogens with zero attached hydrogens (tertiary/aromatic N) is 1. The summed E-state index contributed by atoms with van der Waals surface area (Å²) in [5.74, 6) is 0.571. The number of ether oxygens (including phenoxy) is 1. The Morgan fingerprint density at radius 2 is 2.11 bits per heavy atom. The van der Waals surface area contributed by atoms with Crippen LogP contribution in [0.5, 0.6) is 5.75 Å². The number of carbonyl (C=O) groups is 1. The van der Waals surface area contributed by atoms with Crippen molar-refractivity contribution in [1.82, 2.24) is 5.32 Å². The van der Waals surface area contributed by atoms with Gasteiger partial charge < -0.3 is 21.0 Å². The van der Waals surface area contributed by atoms with Gasteiger partial charge in [0.2, 0.25) is 5.91 Å². The van der Waals surface area contributed by atoms with Crippen molar-refractivity contribution in [3.8, 4) is 5.75 Å². The van der Waals surface area contributed by atoms with Gasteiger partial charge in [0.25, 0.3) is 0 Å². The normalized spacial score (nSPS) is 12.8. The molecule has 0 aliphatic heterocycles. The van der Waals surface area contributed by atoms with Gasteiger partial charge >= 0.3 is 0 Å². The number of benzene rings is 1. The Morgan fingerprint density at radius 3 is 2.58 bits per heavy atom. The van der Waals surface area contributed by atoms with Crippen LogP contribution in [0.15, 0.2) is 29.4 Å². The van der Waals surface area contributed by atoms with Gasteiger partial charge in [-0.2, -0.15) is 0 Å². The topological polar surface area (TPSA) is 96.9 Å². The zero-order valence-corrected chi connectivity index (χ0v) is 11.1. The highest BCUT2D eigenvalue weighted by molar-refractivity contribution is 5.90. The summed E-state index contributed by atoms with van der Waals surface area (Å²) in [6, 6.07) is 6.79. The second-order valence-electron chi connectivity index (χ2n) is 4.08. The van der Waals surface area contributed by atoms with Gasteiger partial charge in [-0.1, -0.05) is 24.2 Å². The van der Waals surface area contributed by atoms with Gasteiger partial charge in [-0.3, -0.25) is 4.79 Å². The number of oxime groups is 1. The summed E-state index contributed by atoms with van der Waals surface area (Å²) >= 11 is 0. The predicted molar refractivity (Wildman–Crippen MR) is 72.3 cm³/mol. The van der Waals surface area contributed by atoms with E-state index in [4.69, 9.17) is 15.7 Å². The standard InChI is InChI=1S/C13H19N3O3/c1-3-11(13(14)16-18)15-12(17)8-9-4-6-10(19-2)7-5-9/h4-7,11,18H,3,8H2,1-2H3,(H2,14,16)(H,15,17). The molecule has 4 N–H and O–H groups in total. The molecule has 104 valence electrons. The Labute approximate surface area is 112 Å². The third-order valence-corrected chi connectivity index (χ3v) is 2.74. The van der Waals surface area contributed by atoms with E-state index in [-0.39, 0.29) is 18.2 Å². The first kappa shape index (κ1) is 14.8. The number of methoxy groups -OCH3 is 1. The SMILES string of the molecule is CCC(NC(=O)Cc1ccc(OC)cc1)/C(N)=N/O. The molecule has 0 aliphatic carbocycles. The number of hydrogen-bond donors (Lipinski definition) is 3. The van der Waals surface area contributed by atoms with Crippen LogP contribution in [0, 0.1) is 0 Å². The van der Waals surface area contributed by atoms with Crippen molar-refractivity contribution in [2.24, 2.45) is 10.9 Å². The van der Waals surface area contributed by atoms with Gasteiger partial charge in [-0.15, -0.1) is 0 Å². The summed E-state index contributed by atoms with van der Waals surface area (Å²) in [6.07, 6.45) is 0.795. The van der Waals surface area contributed by atoms with E-state index in [2.05, 4.69) is 10.5 Å². The van der Waals surface area contributed by atoms with Crippen molar-refractivity contribution < 1.29 is 14.7 Å². The molecule has 0 radical (unpaired) electrons. The largest absolute Gasteiger partial charge is 0.497 e. The fourth-order valence-electron chi connectivity index (χ4n) is 1.63. The molecule has 1 amide bonds. The number of carbonyl (C=O) groups excluding carboxylic acids is 1. The molecule has 0 bridgehead atoms. The summed E-state index contributed by atoms with van der Waals surface area (Å²) in [6.45, 7) is 1.84. The molecule has 0 spiro atoms. The molecular weight excluding hydrogens is 246 g/mol. The van der Waals surface area contributed by atoms with Gasteiger partial charge in [-0.05, 0) is 24.1 Å². The lowest BCUT2D eigenvalue weighted by atomic mass is 10.1. The minimum absolute atomic E-state index is 0.00517. The number of amidine groups is 1. The van der Waals surface area contributed by atoms with E-state index in [1.165, 1.54) is 0 Å². The number of amides is 1. The Balaban J connectivity index is 2.58. The summed E-state index contributed by atoms with van der Waals surface area (Å²) in [5.41, 5.74) is 6.34. The van der Waals surface area contributed by atoms with Crippen LogP contribution in [0.1, 0.15) is 18.9 Å². The lowest BCUT2D eigenvalue weighted by molar-refractivity contribution is -0.120. The lowest BCUT2D eigenvalue weighted by Gasteiger charge is -2.15. The highest BCUT2D eigenvalue weighted by Gasteiger charge is 2.14. The predicted octanol–water partition coefficient (Wildman–Crippen LogP) is 0.879. The van der Waals surface area contributed by atoms with Crippen molar-refractivity contribution >= 4 is 11.7 Å². The third kappa shape index (κ3) is 4.50. The molecule has 1 atom stereocenters. The highest BCUT2D eigenvalue weighted by Crippen LogP contribution is 2.11. The van der Waals surface area contributed by atoms with Crippen LogP contribution in [0.2, 0.25) is 0 Å². The van der Waals surface area contributed by atoms with Crippen LogP contribution in [0.3, 0.4) is 0 Å². The molecule has 0 saturated heterocycles. The summed E-state index contributed by atoms with van der Waals surface area (Å²) in [7, 11) is 1.59. The molecule has 1 unspecified atom stereocenters. The van der Waals surface area contributed by atoms with Crippen molar-refractivity contribution in [3.05, 3.63) is 29.8 Å². The molecule has 0 saturated carbocycles. The van der Waals surface area contributed by atoms with E-state index in [0.29, 0.717) is 6.42 Å². The van der Waals surface area contributed by atoms with Gasteiger partial charge in [0, 0.05) is 0 Å². The molecule has 1 rings (SSSR count). The third-order valence-electron chi connectivity index (χ3n) is 2.74. The van der Waals surface area contributed by atoms with Crippen LogP contribution < -0.4 is 15.8 Å². The summed E-state index contributed by atoms with van der Waals surface area (Å²) in [5, 5.41) is 14.2. The number of hydrogen-bond acceptors (Lipinski definition) is 4. The molecule has 0 aromatic heterocycles. The Hall–Kier alpha value is -2.24. The van der Waals surface area contributed by atoms with Gasteiger partial charge in [0.05, 0.1) is 19.6 Å². The maximum atomic E-state index is 11.8. The van der Waals surface area contributed by atoms with E-state index >= 15 is 0 Å². The molecule has 1 aromatic rings. The van der Waals surface area contributed by atoms with Crippen LogP contribution in [-0.4, -0.2) is 30.1 Å². The van der Waals surface area contributed by atoms with E-state index in [1.807, 2.05) is 19.1 Å². The van der Waals surface area contributed by atoms with Gasteiger partial charge in [0.15, 0.2) is 5.84 Å². The zero-order chi connectivity index (χ0) is 14.3. The van der Waals surface area contributed by atoms with Gasteiger partial charge in [-0.25, -0.2) is 0 Å². The number of nitrogens with two attached hydrogens (primary N) is 1. The lowest BCUT2D eigenvalue weighted by Crippen LogP contribution is -2.44. The molecular formula is C13H19N3O3. The van der Waals surface area contributed by atoms with E-state index in [9.17, 15) is 4.79 Å². The van der Waals surface area contributed by atoms with Crippen LogP contribution in [0.4, 0.5) is 0 Å². The van der Waals surface area contributed by atoms with E-state index < -0.39 is 6.04 Å². The Bertz CT molecular complexity index is 443. The van der Waals surface area contributed by atoms with Crippen molar-refractivity contribution in [2.75, 3.05) is 7.11 Å². The van der Waals surface area contributed by atoms with E-state index in [0.717, 1.165) is 11.3 Å². The number of rotatable bonds is 6. The maximum absolute atomic E-state index is 11.8. The van der Waals surface area contributed by atoms with Crippen LogP contribution >= 0.6 is 0 Å². The monoisotopic (exact) mass is 265 g/mol. The summed E-state index contributed by atoms with van der Waals surface area (Å²) in [4.78, 5) is 11.8. The fourth-order valence-corrected chi connectivity index (χ4v) is 1.63. The molecule has 1 aromatic carbocycles. The molecule has 6 nitrogen and oxygen atoms in total. The van der Waals surface area contributed by atoms with Crippen molar-refractivity contribution in [1.29, 1.82) is 0 Å². The van der Waals surface area contributed by atoms with E-state index in [1.54, 1.807) is 19.2 Å². The molecule has 6 heteroatoms. The smallest absolute Gasteiger partial charge is 0.225 e. The average Bonchev–Trinajstić information content (AvgIpc) is 2.44. The quantitative estimate of drug-likeness (QED) is 0.308. The van der Waals surface area contributed by atoms with Gasteiger partial charge in [0.1, 0.15) is 5.75 Å². The fraction of sp³-hybridized carbons (Fsp3) is 0.385. The van der Waals surface area contributed by atoms with Crippen molar-refractivity contribution in [3.63, 3.8) is 0 Å². The molecule has 0 heterocycles. The highest BCUT2D eigenvalue weighted by atomic mass is 16.5. The average molecular weight is 265 g/mol. The Morgan fingerprint density at radius 1 is 1.47 bits per heavy atom. The summed E-state index contributed by atoms with van der Waals surface area (Å²) < 4.78 is 5.04. The minimum Gasteiger partial charge on any atom is -0.497 e. The second kappa shape index (κ2) is 7.25. The van der Waals surface area contributed by atoms with Crippen molar-refractivity contribution in [2.45, 2.75) is 25.8 Å². The van der Waals surface area contributed by atoms with Crippen LogP contribution in [0.25, 0.3) is 0 Å². The molecule has 19 heavy (non-hydrogen) atoms. The minimum atomic E-state index is -0.448. The molecule has 0 fully saturated rings. The Kier molecular flexibility index (Phi) is 5.66. The molecule has 0 aliphatic rings. The first-order valence-corrected chi connectivity index (χ1v) is 6.00. The second-order valence-corrected chi connectivity index (χ2v) is 4.08. The zero-order valence-electron chi connectivity index (χ0n) is 11.1.